The average molecular weight is 262 g/mol. The zero-order valence-corrected chi connectivity index (χ0v) is 10.9. The van der Waals surface area contributed by atoms with E-state index < -0.39 is 0 Å². The van der Waals surface area contributed by atoms with Gasteiger partial charge in [0.15, 0.2) is 5.82 Å². The fourth-order valence-corrected chi connectivity index (χ4v) is 1.54. The van der Waals surface area contributed by atoms with Crippen molar-refractivity contribution in [3.8, 4) is 17.4 Å². The summed E-state index contributed by atoms with van der Waals surface area (Å²) in [5.41, 5.74) is 0.586. The van der Waals surface area contributed by atoms with Gasteiger partial charge in [0.25, 0.3) is 0 Å². The smallest absolute Gasteiger partial charge is 0.321 e. The van der Waals surface area contributed by atoms with Gasteiger partial charge in [-0.05, 0) is 26.0 Å². The molecule has 5 nitrogen and oxygen atoms in total. The summed E-state index contributed by atoms with van der Waals surface area (Å²) < 4.78 is 18.5. The highest BCUT2D eigenvalue weighted by molar-refractivity contribution is 5.56. The van der Waals surface area contributed by atoms with Gasteiger partial charge in [-0.3, -0.25) is 0 Å². The Balaban J connectivity index is 2.43. The average Bonchev–Trinajstić information content (AvgIpc) is 2.39. The zero-order chi connectivity index (χ0) is 13.7. The summed E-state index contributed by atoms with van der Waals surface area (Å²) >= 11 is 0. The van der Waals surface area contributed by atoms with Crippen LogP contribution >= 0.6 is 0 Å². The van der Waals surface area contributed by atoms with Crippen molar-refractivity contribution in [3.63, 3.8) is 0 Å². The maximum Gasteiger partial charge on any atom is 0.321 e. The second-order valence-electron chi connectivity index (χ2n) is 3.74. The molecule has 0 atom stereocenters. The molecule has 2 rings (SSSR count). The largest absolute Gasteiger partial charge is 0.464 e. The van der Waals surface area contributed by atoms with E-state index in [0.717, 1.165) is 0 Å². The van der Waals surface area contributed by atoms with E-state index in [1.165, 1.54) is 12.1 Å². The molecular weight excluding hydrogens is 247 g/mol. The fourth-order valence-electron chi connectivity index (χ4n) is 1.54. The van der Waals surface area contributed by atoms with Crippen LogP contribution in [0, 0.1) is 5.82 Å². The molecule has 0 bridgehead atoms. The molecule has 19 heavy (non-hydrogen) atoms. The molecule has 0 aliphatic heterocycles. The van der Waals surface area contributed by atoms with Crippen LogP contribution in [0.2, 0.25) is 0 Å². The molecule has 0 unspecified atom stereocenters. The first-order valence-electron chi connectivity index (χ1n) is 6.11. The predicted molar refractivity (Wildman–Crippen MR) is 70.6 cm³/mol. The number of aromatic nitrogens is 3. The molecule has 0 aliphatic rings. The summed E-state index contributed by atoms with van der Waals surface area (Å²) in [6, 6.07) is 6.33. The molecule has 1 N–H and O–H groups in total. The molecule has 0 radical (unpaired) electrons. The molecule has 1 heterocycles. The summed E-state index contributed by atoms with van der Waals surface area (Å²) in [7, 11) is 0. The molecule has 0 saturated heterocycles. The maximum atomic E-state index is 13.2. The number of ether oxygens (including phenoxy) is 1. The molecule has 0 aliphatic carbocycles. The number of nitrogens with one attached hydrogen (secondary N) is 1. The minimum Gasteiger partial charge on any atom is -0.464 e. The lowest BCUT2D eigenvalue weighted by Gasteiger charge is -2.07. The number of benzene rings is 1. The highest BCUT2D eigenvalue weighted by Gasteiger charge is 2.09. The molecule has 0 fully saturated rings. The molecule has 0 amide bonds. The van der Waals surface area contributed by atoms with Gasteiger partial charge in [-0.25, -0.2) is 4.39 Å². The van der Waals surface area contributed by atoms with Crippen LogP contribution in [-0.4, -0.2) is 28.1 Å². The van der Waals surface area contributed by atoms with E-state index in [-0.39, 0.29) is 11.8 Å². The van der Waals surface area contributed by atoms with Crippen molar-refractivity contribution in [2.75, 3.05) is 18.5 Å². The van der Waals surface area contributed by atoms with Crippen molar-refractivity contribution in [1.82, 2.24) is 15.0 Å². The van der Waals surface area contributed by atoms with Gasteiger partial charge in [-0.1, -0.05) is 12.1 Å². The fraction of sp³-hybridized carbons (Fsp3) is 0.308. The Morgan fingerprint density at radius 2 is 2.05 bits per heavy atom. The minimum absolute atomic E-state index is 0.229. The Hall–Kier alpha value is -2.24. The lowest BCUT2D eigenvalue weighted by molar-refractivity contribution is 0.312. The van der Waals surface area contributed by atoms with Crippen LogP contribution in [0.1, 0.15) is 13.8 Å². The van der Waals surface area contributed by atoms with Gasteiger partial charge in [-0.2, -0.15) is 15.0 Å². The van der Waals surface area contributed by atoms with Gasteiger partial charge >= 0.3 is 6.01 Å². The Kier molecular flexibility index (Phi) is 4.22. The minimum atomic E-state index is -0.333. The standard InChI is InChI=1S/C13H15FN4O/c1-3-15-12-16-11(17-13(18-12)19-4-2)9-6-5-7-10(14)8-9/h5-8H,3-4H2,1-2H3,(H,15,16,17,18). The third-order valence-electron chi connectivity index (χ3n) is 2.31. The number of nitrogens with zero attached hydrogens (tertiary/aromatic N) is 3. The lowest BCUT2D eigenvalue weighted by Crippen LogP contribution is -2.07. The van der Waals surface area contributed by atoms with Gasteiger partial charge in [-0.15, -0.1) is 0 Å². The van der Waals surface area contributed by atoms with Crippen LogP contribution in [0.15, 0.2) is 24.3 Å². The Morgan fingerprint density at radius 3 is 2.74 bits per heavy atom. The molecule has 1 aromatic carbocycles. The van der Waals surface area contributed by atoms with E-state index in [4.69, 9.17) is 4.74 Å². The topological polar surface area (TPSA) is 59.9 Å². The normalized spacial score (nSPS) is 10.3. The van der Waals surface area contributed by atoms with Crippen molar-refractivity contribution >= 4 is 5.95 Å². The van der Waals surface area contributed by atoms with Crippen molar-refractivity contribution < 1.29 is 9.13 Å². The van der Waals surface area contributed by atoms with Crippen LogP contribution in [0.3, 0.4) is 0 Å². The Bertz CT molecular complexity index is 538. The molecule has 0 saturated carbocycles. The number of anilines is 1. The van der Waals surface area contributed by atoms with Crippen LogP contribution in [0.5, 0.6) is 6.01 Å². The van der Waals surface area contributed by atoms with Crippen molar-refractivity contribution in [2.45, 2.75) is 13.8 Å². The summed E-state index contributed by atoms with van der Waals surface area (Å²) in [5, 5.41) is 3.00. The van der Waals surface area contributed by atoms with E-state index in [0.29, 0.717) is 30.5 Å². The lowest BCUT2D eigenvalue weighted by atomic mass is 10.2. The molecule has 100 valence electrons. The van der Waals surface area contributed by atoms with Gasteiger partial charge in [0.2, 0.25) is 5.95 Å². The first-order valence-corrected chi connectivity index (χ1v) is 6.11. The van der Waals surface area contributed by atoms with Crippen LogP contribution in [-0.2, 0) is 0 Å². The second kappa shape index (κ2) is 6.08. The highest BCUT2D eigenvalue weighted by Crippen LogP contribution is 2.19. The first-order chi connectivity index (χ1) is 9.22. The summed E-state index contributed by atoms with van der Waals surface area (Å²) in [5.74, 6) is 0.468. The van der Waals surface area contributed by atoms with Gasteiger partial charge in [0.1, 0.15) is 5.82 Å². The van der Waals surface area contributed by atoms with Crippen molar-refractivity contribution in [1.29, 1.82) is 0 Å². The Morgan fingerprint density at radius 1 is 1.21 bits per heavy atom. The van der Waals surface area contributed by atoms with Gasteiger partial charge in [0.05, 0.1) is 6.61 Å². The van der Waals surface area contributed by atoms with Crippen LogP contribution in [0.25, 0.3) is 11.4 Å². The highest BCUT2D eigenvalue weighted by atomic mass is 19.1. The molecule has 1 aromatic heterocycles. The summed E-state index contributed by atoms with van der Waals surface area (Å²) in [6.45, 7) is 4.92. The van der Waals surface area contributed by atoms with Gasteiger partial charge < -0.3 is 10.1 Å². The summed E-state index contributed by atoms with van der Waals surface area (Å²) in [6.07, 6.45) is 0. The van der Waals surface area contributed by atoms with Crippen molar-refractivity contribution in [3.05, 3.63) is 30.1 Å². The molecule has 0 spiro atoms. The third-order valence-corrected chi connectivity index (χ3v) is 2.31. The van der Waals surface area contributed by atoms with Crippen LogP contribution < -0.4 is 10.1 Å². The van der Waals surface area contributed by atoms with Crippen LogP contribution in [0.4, 0.5) is 10.3 Å². The van der Waals surface area contributed by atoms with E-state index >= 15 is 0 Å². The number of hydrogen-bond acceptors (Lipinski definition) is 5. The summed E-state index contributed by atoms with van der Waals surface area (Å²) in [4.78, 5) is 12.5. The quantitative estimate of drug-likeness (QED) is 0.897. The first kappa shape index (κ1) is 13.2. The molecule has 2 aromatic rings. The van der Waals surface area contributed by atoms with Crippen molar-refractivity contribution in [2.24, 2.45) is 0 Å². The van der Waals surface area contributed by atoms with E-state index in [1.54, 1.807) is 12.1 Å². The second-order valence-corrected chi connectivity index (χ2v) is 3.74. The predicted octanol–water partition coefficient (Wildman–Crippen LogP) is 2.51. The zero-order valence-electron chi connectivity index (χ0n) is 10.9. The molecule has 6 heteroatoms. The van der Waals surface area contributed by atoms with E-state index in [2.05, 4.69) is 20.3 Å². The molecular formula is C13H15FN4O. The maximum absolute atomic E-state index is 13.2. The van der Waals surface area contributed by atoms with Gasteiger partial charge in [0, 0.05) is 12.1 Å². The monoisotopic (exact) mass is 262 g/mol. The third kappa shape index (κ3) is 3.37. The number of hydrogen-bond donors (Lipinski definition) is 1. The Labute approximate surface area is 110 Å². The number of halogens is 1. The SMILES string of the molecule is CCNc1nc(OCC)nc(-c2cccc(F)c2)n1. The number of rotatable bonds is 5. The van der Waals surface area contributed by atoms with E-state index in [1.807, 2.05) is 13.8 Å². The van der Waals surface area contributed by atoms with E-state index in [9.17, 15) is 4.39 Å².